The van der Waals surface area contributed by atoms with Gasteiger partial charge in [-0.1, -0.05) is 27.7 Å². The number of carbonyl (C=O) groups is 1. The maximum Gasteiger partial charge on any atom is 0.121 e. The van der Waals surface area contributed by atoms with Crippen molar-refractivity contribution in [2.24, 2.45) is 0 Å². The fourth-order valence-corrected chi connectivity index (χ4v) is 0.278. The third-order valence-electron chi connectivity index (χ3n) is 0.833. The predicted molar refractivity (Wildman–Crippen MR) is 63.2 cm³/mol. The number of hydrazine groups is 1. The summed E-state index contributed by atoms with van der Waals surface area (Å²) in [6, 6.07) is 0. The molecular formula is C9H24N2OS. The number of aldehydes is 1. The van der Waals surface area contributed by atoms with Crippen molar-refractivity contribution < 1.29 is 4.79 Å². The lowest BCUT2D eigenvalue weighted by molar-refractivity contribution is -0.108. The molecule has 0 aromatic carbocycles. The molecule has 0 heterocycles. The summed E-state index contributed by atoms with van der Waals surface area (Å²) in [7, 11) is 3.64. The largest absolute Gasteiger partial charge is 0.303 e. The van der Waals surface area contributed by atoms with Crippen LogP contribution in [0.4, 0.5) is 0 Å². The average molecular weight is 208 g/mol. The van der Waals surface area contributed by atoms with Crippen LogP contribution in [0.5, 0.6) is 0 Å². The molecule has 0 spiro atoms. The van der Waals surface area contributed by atoms with E-state index in [0.29, 0.717) is 6.42 Å². The van der Waals surface area contributed by atoms with Gasteiger partial charge in [0.1, 0.15) is 6.29 Å². The second kappa shape index (κ2) is 14.5. The van der Waals surface area contributed by atoms with Crippen molar-refractivity contribution >= 4 is 18.9 Å². The number of carbonyl (C=O) groups excluding carboxylic acids is 1. The van der Waals surface area contributed by atoms with Gasteiger partial charge in [0.15, 0.2) is 0 Å². The van der Waals surface area contributed by atoms with E-state index in [4.69, 9.17) is 0 Å². The maximum atomic E-state index is 9.77. The molecule has 0 aliphatic carbocycles. The standard InChI is InChI=1S/C5H10OS.C2H8N2.C2H6/c1-5(2,7)3-4-6;1-3-4-2;1-2/h4,7H,3H2,1-2H3;3-4H,1-2H3;1-2H3. The normalized spacial score (nSPS) is 8.85. The van der Waals surface area contributed by atoms with E-state index in [1.807, 2.05) is 41.8 Å². The Morgan fingerprint density at radius 3 is 1.54 bits per heavy atom. The van der Waals surface area contributed by atoms with Gasteiger partial charge in [0.25, 0.3) is 0 Å². The number of nitrogens with one attached hydrogen (secondary N) is 2. The van der Waals surface area contributed by atoms with Gasteiger partial charge in [-0.05, 0) is 14.1 Å². The summed E-state index contributed by atoms with van der Waals surface area (Å²) in [6.07, 6.45) is 1.41. The van der Waals surface area contributed by atoms with Gasteiger partial charge >= 0.3 is 0 Å². The zero-order chi connectivity index (χ0) is 11.3. The van der Waals surface area contributed by atoms with E-state index in [-0.39, 0.29) is 4.75 Å². The van der Waals surface area contributed by atoms with E-state index in [1.165, 1.54) is 0 Å². The van der Waals surface area contributed by atoms with Gasteiger partial charge in [-0.3, -0.25) is 10.9 Å². The zero-order valence-corrected chi connectivity index (χ0v) is 10.5. The third-order valence-corrected chi connectivity index (χ3v) is 1.02. The molecule has 0 saturated heterocycles. The molecular weight excluding hydrogens is 184 g/mol. The van der Waals surface area contributed by atoms with Gasteiger partial charge in [0, 0.05) is 11.2 Å². The summed E-state index contributed by atoms with van der Waals surface area (Å²) in [5, 5.41) is 0. The highest BCUT2D eigenvalue weighted by molar-refractivity contribution is 7.81. The first-order valence-corrected chi connectivity index (χ1v) is 4.92. The monoisotopic (exact) mass is 208 g/mol. The van der Waals surface area contributed by atoms with Gasteiger partial charge in [-0.15, -0.1) is 0 Å². The fraction of sp³-hybridized carbons (Fsp3) is 0.889. The Morgan fingerprint density at radius 1 is 1.23 bits per heavy atom. The van der Waals surface area contributed by atoms with Crippen molar-refractivity contribution in [1.82, 2.24) is 10.9 Å². The molecule has 0 aromatic rings. The highest BCUT2D eigenvalue weighted by atomic mass is 32.1. The van der Waals surface area contributed by atoms with E-state index >= 15 is 0 Å². The summed E-state index contributed by atoms with van der Waals surface area (Å²) < 4.78 is -0.123. The molecule has 0 bridgehead atoms. The van der Waals surface area contributed by atoms with E-state index in [2.05, 4.69) is 23.5 Å². The van der Waals surface area contributed by atoms with E-state index in [9.17, 15) is 4.79 Å². The average Bonchev–Trinajstić information content (AvgIpc) is 2.07. The predicted octanol–water partition coefficient (Wildman–Crippen LogP) is 1.65. The van der Waals surface area contributed by atoms with Crippen LogP contribution in [0.1, 0.15) is 34.1 Å². The summed E-state index contributed by atoms with van der Waals surface area (Å²) in [6.45, 7) is 7.81. The zero-order valence-electron chi connectivity index (χ0n) is 9.64. The molecule has 0 aliphatic rings. The molecule has 0 saturated carbocycles. The highest BCUT2D eigenvalue weighted by Gasteiger charge is 2.08. The Hall–Kier alpha value is -0.0600. The third kappa shape index (κ3) is 48.3. The minimum absolute atomic E-state index is 0.123. The second-order valence-electron chi connectivity index (χ2n) is 2.68. The van der Waals surface area contributed by atoms with Crippen molar-refractivity contribution in [3.8, 4) is 0 Å². The van der Waals surface area contributed by atoms with Gasteiger partial charge in [-0.25, -0.2) is 0 Å². The van der Waals surface area contributed by atoms with Crippen molar-refractivity contribution in [3.05, 3.63) is 0 Å². The van der Waals surface area contributed by atoms with E-state index in [0.717, 1.165) is 6.29 Å². The molecule has 0 atom stereocenters. The quantitative estimate of drug-likeness (QED) is 0.375. The molecule has 0 unspecified atom stereocenters. The second-order valence-corrected chi connectivity index (χ2v) is 3.89. The maximum absolute atomic E-state index is 9.77. The minimum Gasteiger partial charge on any atom is -0.303 e. The number of hydrogen-bond acceptors (Lipinski definition) is 4. The SMILES string of the molecule is CC.CC(C)(S)CC=O.CNNC. The topological polar surface area (TPSA) is 41.1 Å². The molecule has 0 aliphatic heterocycles. The lowest BCUT2D eigenvalue weighted by Crippen LogP contribution is -2.21. The van der Waals surface area contributed by atoms with Crippen LogP contribution in [-0.2, 0) is 4.79 Å². The first-order valence-electron chi connectivity index (χ1n) is 4.47. The Kier molecular flexibility index (Phi) is 20.8. The molecule has 0 aromatic heterocycles. The van der Waals surface area contributed by atoms with Gasteiger partial charge in [0.2, 0.25) is 0 Å². The summed E-state index contributed by atoms with van der Waals surface area (Å²) in [5.74, 6) is 0. The lowest BCUT2D eigenvalue weighted by atomic mass is 10.1. The van der Waals surface area contributed by atoms with Crippen LogP contribution in [-0.4, -0.2) is 25.1 Å². The minimum atomic E-state index is -0.123. The first-order chi connectivity index (χ1) is 5.97. The Balaban J connectivity index is -0.000000142. The van der Waals surface area contributed by atoms with Crippen LogP contribution in [0.2, 0.25) is 0 Å². The van der Waals surface area contributed by atoms with Crippen LogP contribution in [0.25, 0.3) is 0 Å². The van der Waals surface area contributed by atoms with E-state index < -0.39 is 0 Å². The van der Waals surface area contributed by atoms with Crippen molar-refractivity contribution in [2.75, 3.05) is 14.1 Å². The molecule has 82 valence electrons. The van der Waals surface area contributed by atoms with Crippen LogP contribution in [0, 0.1) is 0 Å². The van der Waals surface area contributed by atoms with Crippen molar-refractivity contribution in [3.63, 3.8) is 0 Å². The van der Waals surface area contributed by atoms with Gasteiger partial charge in [-0.2, -0.15) is 12.6 Å². The molecule has 0 amide bonds. The number of rotatable bonds is 3. The van der Waals surface area contributed by atoms with Crippen LogP contribution >= 0.6 is 12.6 Å². The number of hydrogen-bond donors (Lipinski definition) is 3. The van der Waals surface area contributed by atoms with Crippen molar-refractivity contribution in [2.45, 2.75) is 38.9 Å². The molecule has 0 radical (unpaired) electrons. The summed E-state index contributed by atoms with van der Waals surface area (Å²) >= 11 is 4.10. The molecule has 13 heavy (non-hydrogen) atoms. The highest BCUT2D eigenvalue weighted by Crippen LogP contribution is 2.13. The van der Waals surface area contributed by atoms with Crippen LogP contribution in [0.3, 0.4) is 0 Å². The van der Waals surface area contributed by atoms with Gasteiger partial charge < -0.3 is 4.79 Å². The van der Waals surface area contributed by atoms with Crippen LogP contribution < -0.4 is 10.9 Å². The Labute approximate surface area is 88.1 Å². The van der Waals surface area contributed by atoms with Crippen LogP contribution in [0.15, 0.2) is 0 Å². The molecule has 3 nitrogen and oxygen atoms in total. The van der Waals surface area contributed by atoms with E-state index in [1.54, 1.807) is 0 Å². The first kappa shape index (κ1) is 18.7. The molecule has 0 fully saturated rings. The number of thiol groups is 1. The smallest absolute Gasteiger partial charge is 0.121 e. The molecule has 4 heteroatoms. The molecule has 0 rings (SSSR count). The lowest BCUT2D eigenvalue weighted by Gasteiger charge is -2.10. The summed E-state index contributed by atoms with van der Waals surface area (Å²) in [4.78, 5) is 9.77. The van der Waals surface area contributed by atoms with Gasteiger partial charge in [0.05, 0.1) is 0 Å². The fourth-order valence-electron chi connectivity index (χ4n) is 0.204. The Morgan fingerprint density at radius 2 is 1.54 bits per heavy atom. The molecule has 2 N–H and O–H groups in total. The Bertz CT molecular complexity index is 90.1. The summed E-state index contributed by atoms with van der Waals surface area (Å²) in [5.41, 5.74) is 5.36. The van der Waals surface area contributed by atoms with Crippen molar-refractivity contribution in [1.29, 1.82) is 0 Å².